The van der Waals surface area contributed by atoms with Crippen LogP contribution in [0.15, 0.2) is 5.38 Å². The van der Waals surface area contributed by atoms with Gasteiger partial charge in [0.2, 0.25) is 0 Å². The fourth-order valence-electron chi connectivity index (χ4n) is 1.26. The molecule has 1 rings (SSSR count). The van der Waals surface area contributed by atoms with E-state index in [1.165, 1.54) is 16.7 Å². The first-order valence-corrected chi connectivity index (χ1v) is 7.86. The first-order valence-electron chi connectivity index (χ1n) is 5.82. The van der Waals surface area contributed by atoms with Gasteiger partial charge in [0, 0.05) is 17.2 Å². The number of aromatic nitrogens is 1. The maximum Gasteiger partial charge on any atom is 0.355 e. The highest BCUT2D eigenvalue weighted by Gasteiger charge is 2.10. The van der Waals surface area contributed by atoms with Crippen molar-refractivity contribution in [3.8, 4) is 0 Å². The molecule has 0 aliphatic heterocycles. The Labute approximate surface area is 120 Å². The van der Waals surface area contributed by atoms with Gasteiger partial charge < -0.3 is 15.7 Å². The van der Waals surface area contributed by atoms with Crippen molar-refractivity contribution < 1.29 is 14.7 Å². The topological polar surface area (TPSA) is 91.3 Å². The number of carbonyl (C=O) groups is 2. The Bertz CT molecular complexity index is 437. The minimum Gasteiger partial charge on any atom is -0.476 e. The highest BCUT2D eigenvalue weighted by atomic mass is 32.2. The smallest absolute Gasteiger partial charge is 0.355 e. The van der Waals surface area contributed by atoms with Crippen LogP contribution < -0.4 is 10.6 Å². The molecule has 0 spiro atoms. The summed E-state index contributed by atoms with van der Waals surface area (Å²) in [5.41, 5.74) is 0.00919. The molecule has 0 radical (unpaired) electrons. The van der Waals surface area contributed by atoms with Crippen LogP contribution in [0, 0.1) is 0 Å². The maximum absolute atomic E-state index is 11.6. The predicted octanol–water partition coefficient (Wildman–Crippen LogP) is 1.78. The van der Waals surface area contributed by atoms with E-state index in [2.05, 4.69) is 22.5 Å². The number of nitrogens with one attached hydrogen (secondary N) is 2. The summed E-state index contributed by atoms with van der Waals surface area (Å²) in [6.45, 7) is 4.24. The first-order chi connectivity index (χ1) is 9.02. The van der Waals surface area contributed by atoms with Gasteiger partial charge in [0.25, 0.3) is 0 Å². The maximum atomic E-state index is 11.6. The van der Waals surface area contributed by atoms with E-state index in [1.54, 1.807) is 11.8 Å². The lowest BCUT2D eigenvalue weighted by Gasteiger charge is -2.13. The number of carbonyl (C=O) groups excluding carboxylic acids is 1. The Morgan fingerprint density at radius 3 is 2.89 bits per heavy atom. The zero-order valence-electron chi connectivity index (χ0n) is 10.8. The van der Waals surface area contributed by atoms with E-state index in [9.17, 15) is 9.59 Å². The van der Waals surface area contributed by atoms with E-state index >= 15 is 0 Å². The van der Waals surface area contributed by atoms with Gasteiger partial charge in [0.15, 0.2) is 5.69 Å². The first kappa shape index (κ1) is 15.8. The third kappa shape index (κ3) is 5.93. The van der Waals surface area contributed by atoms with E-state index in [-0.39, 0.29) is 24.3 Å². The van der Waals surface area contributed by atoms with E-state index in [0.29, 0.717) is 5.01 Å². The molecule has 1 atom stereocenters. The Morgan fingerprint density at radius 1 is 1.58 bits per heavy atom. The van der Waals surface area contributed by atoms with Crippen LogP contribution in [0.5, 0.6) is 0 Å². The Hall–Kier alpha value is -1.28. The summed E-state index contributed by atoms with van der Waals surface area (Å²) in [6, 6.07) is -0.174. The lowest BCUT2D eigenvalue weighted by molar-refractivity contribution is 0.0691. The standard InChI is InChI=1S/C11H17N3O3S2/c1-3-18-5-7(2)13-11(17)12-4-9-14-8(6-19-9)10(15)16/h6-7H,3-5H2,1-2H3,(H,15,16)(H2,12,13,17). The number of rotatable bonds is 7. The molecule has 0 aliphatic carbocycles. The van der Waals surface area contributed by atoms with Crippen molar-refractivity contribution in [2.45, 2.75) is 26.4 Å². The molecule has 0 fully saturated rings. The summed E-state index contributed by atoms with van der Waals surface area (Å²) in [4.78, 5) is 26.1. The minimum absolute atomic E-state index is 0.00919. The van der Waals surface area contributed by atoms with E-state index in [1.807, 2.05) is 6.92 Å². The van der Waals surface area contributed by atoms with Crippen LogP contribution in [0.25, 0.3) is 0 Å². The Kier molecular flexibility index (Phi) is 6.65. The van der Waals surface area contributed by atoms with Crippen molar-refractivity contribution in [2.24, 2.45) is 0 Å². The zero-order valence-corrected chi connectivity index (χ0v) is 12.4. The van der Waals surface area contributed by atoms with Gasteiger partial charge >= 0.3 is 12.0 Å². The second kappa shape index (κ2) is 8.00. The average Bonchev–Trinajstić information content (AvgIpc) is 2.83. The number of aromatic carboxylic acids is 1. The summed E-state index contributed by atoms with van der Waals surface area (Å²) in [6.07, 6.45) is 0. The number of amides is 2. The molecule has 8 heteroatoms. The van der Waals surface area contributed by atoms with Crippen LogP contribution in [0.3, 0.4) is 0 Å². The van der Waals surface area contributed by atoms with Crippen molar-refractivity contribution in [1.29, 1.82) is 0 Å². The molecule has 1 aromatic rings. The molecule has 6 nitrogen and oxygen atoms in total. The number of hydrogen-bond acceptors (Lipinski definition) is 5. The number of hydrogen-bond donors (Lipinski definition) is 3. The van der Waals surface area contributed by atoms with Crippen molar-refractivity contribution in [3.63, 3.8) is 0 Å². The van der Waals surface area contributed by atoms with Crippen molar-refractivity contribution in [1.82, 2.24) is 15.6 Å². The number of thioether (sulfide) groups is 1. The van der Waals surface area contributed by atoms with E-state index < -0.39 is 5.97 Å². The number of nitrogens with zero attached hydrogens (tertiary/aromatic N) is 1. The highest BCUT2D eigenvalue weighted by molar-refractivity contribution is 7.99. The molecule has 0 aromatic carbocycles. The summed E-state index contributed by atoms with van der Waals surface area (Å²) in [7, 11) is 0. The van der Waals surface area contributed by atoms with Gasteiger partial charge in [0.1, 0.15) is 5.01 Å². The monoisotopic (exact) mass is 303 g/mol. The molecule has 1 heterocycles. The van der Waals surface area contributed by atoms with Crippen LogP contribution in [0.1, 0.15) is 29.3 Å². The zero-order chi connectivity index (χ0) is 14.3. The minimum atomic E-state index is -1.06. The quantitative estimate of drug-likeness (QED) is 0.714. The number of urea groups is 1. The van der Waals surface area contributed by atoms with Crippen molar-refractivity contribution >= 4 is 35.1 Å². The SMILES string of the molecule is CCSCC(C)NC(=O)NCc1nc(C(=O)O)cs1. The molecule has 2 amide bonds. The number of carboxylic acids is 1. The van der Waals surface area contributed by atoms with Crippen LogP contribution in [-0.2, 0) is 6.54 Å². The molecule has 1 aromatic heterocycles. The molecule has 19 heavy (non-hydrogen) atoms. The summed E-state index contributed by atoms with van der Waals surface area (Å²) < 4.78 is 0. The third-order valence-electron chi connectivity index (χ3n) is 2.12. The van der Waals surface area contributed by atoms with Crippen molar-refractivity contribution in [3.05, 3.63) is 16.1 Å². The van der Waals surface area contributed by atoms with Crippen LogP contribution >= 0.6 is 23.1 Å². The summed E-state index contributed by atoms with van der Waals surface area (Å²) in [5, 5.41) is 16.2. The predicted molar refractivity (Wildman–Crippen MR) is 76.9 cm³/mol. The van der Waals surface area contributed by atoms with Gasteiger partial charge in [0.05, 0.1) is 6.54 Å². The molecule has 0 saturated heterocycles. The summed E-state index contributed by atoms with van der Waals surface area (Å²) in [5.74, 6) is 0.826. The second-order valence-electron chi connectivity index (χ2n) is 3.82. The molecule has 0 saturated carbocycles. The van der Waals surface area contributed by atoms with Crippen LogP contribution in [-0.4, -0.2) is 39.6 Å². The molecule has 0 bridgehead atoms. The van der Waals surface area contributed by atoms with Gasteiger partial charge in [-0.3, -0.25) is 0 Å². The van der Waals surface area contributed by atoms with E-state index in [4.69, 9.17) is 5.11 Å². The lowest BCUT2D eigenvalue weighted by atomic mass is 10.4. The van der Waals surface area contributed by atoms with Gasteiger partial charge in [-0.15, -0.1) is 11.3 Å². The normalized spacial score (nSPS) is 11.9. The second-order valence-corrected chi connectivity index (χ2v) is 6.08. The van der Waals surface area contributed by atoms with Gasteiger partial charge in [-0.1, -0.05) is 6.92 Å². The molecular formula is C11H17N3O3S2. The highest BCUT2D eigenvalue weighted by Crippen LogP contribution is 2.09. The third-order valence-corrected chi connectivity index (χ3v) is 4.11. The van der Waals surface area contributed by atoms with Crippen LogP contribution in [0.2, 0.25) is 0 Å². The Morgan fingerprint density at radius 2 is 2.32 bits per heavy atom. The molecule has 0 aliphatic rings. The molecule has 3 N–H and O–H groups in total. The number of carboxylic acid groups (broad SMARTS) is 1. The van der Waals surface area contributed by atoms with Gasteiger partial charge in [-0.25, -0.2) is 14.6 Å². The van der Waals surface area contributed by atoms with E-state index in [0.717, 1.165) is 11.5 Å². The Balaban J connectivity index is 2.31. The van der Waals surface area contributed by atoms with Gasteiger partial charge in [-0.05, 0) is 12.7 Å². The average molecular weight is 303 g/mol. The molecule has 106 valence electrons. The lowest BCUT2D eigenvalue weighted by Crippen LogP contribution is -2.41. The molecular weight excluding hydrogens is 286 g/mol. The number of thiazole rings is 1. The fraction of sp³-hybridized carbons (Fsp3) is 0.545. The summed E-state index contributed by atoms with van der Waals surface area (Å²) >= 11 is 2.98. The molecule has 1 unspecified atom stereocenters. The van der Waals surface area contributed by atoms with Crippen molar-refractivity contribution in [2.75, 3.05) is 11.5 Å². The fourth-order valence-corrected chi connectivity index (χ4v) is 2.64. The van der Waals surface area contributed by atoms with Gasteiger partial charge in [-0.2, -0.15) is 11.8 Å². The van der Waals surface area contributed by atoms with Crippen LogP contribution in [0.4, 0.5) is 4.79 Å². The largest absolute Gasteiger partial charge is 0.476 e.